The molecule has 4 aromatic rings. The minimum atomic E-state index is -0.323. The van der Waals surface area contributed by atoms with E-state index in [2.05, 4.69) is 27.8 Å². The van der Waals surface area contributed by atoms with Gasteiger partial charge in [0.25, 0.3) is 0 Å². The van der Waals surface area contributed by atoms with Crippen LogP contribution in [0.2, 0.25) is 0 Å². The lowest BCUT2D eigenvalue weighted by atomic mass is 10.2. The first-order chi connectivity index (χ1) is 11.7. The summed E-state index contributed by atoms with van der Waals surface area (Å²) < 4.78 is 11.4. The highest BCUT2D eigenvalue weighted by atomic mass is 32.1. The van der Waals surface area contributed by atoms with E-state index in [1.807, 2.05) is 24.3 Å². The van der Waals surface area contributed by atoms with E-state index in [0.717, 1.165) is 16.7 Å². The molecule has 0 radical (unpaired) electrons. The molecule has 6 nitrogen and oxygen atoms in total. The average Bonchev–Trinajstić information content (AvgIpc) is 3.21. The second kappa shape index (κ2) is 6.01. The number of aromatic hydroxyl groups is 1. The zero-order chi connectivity index (χ0) is 16.5. The summed E-state index contributed by atoms with van der Waals surface area (Å²) in [6, 6.07) is 14.1. The van der Waals surface area contributed by atoms with E-state index in [-0.39, 0.29) is 11.0 Å². The third-order valence-corrected chi connectivity index (χ3v) is 3.95. The number of thiol groups is 1. The van der Waals surface area contributed by atoms with E-state index in [1.165, 1.54) is 0 Å². The van der Waals surface area contributed by atoms with Gasteiger partial charge in [-0.3, -0.25) is 0 Å². The van der Waals surface area contributed by atoms with Gasteiger partial charge in [-0.1, -0.05) is 12.1 Å². The first-order valence-corrected chi connectivity index (χ1v) is 7.86. The van der Waals surface area contributed by atoms with Crippen LogP contribution in [0.15, 0.2) is 57.4 Å². The lowest BCUT2D eigenvalue weighted by Gasteiger charge is -2.01. The Morgan fingerprint density at radius 3 is 2.58 bits per heavy atom. The molecule has 2 heterocycles. The van der Waals surface area contributed by atoms with Crippen molar-refractivity contribution in [2.45, 2.75) is 11.7 Å². The third kappa shape index (κ3) is 2.85. The van der Waals surface area contributed by atoms with Gasteiger partial charge >= 0.3 is 0 Å². The Balaban J connectivity index is 1.54. The summed E-state index contributed by atoms with van der Waals surface area (Å²) in [5, 5.41) is 17.1. The largest absolute Gasteiger partial charge is 0.508 e. The fourth-order valence-electron chi connectivity index (χ4n) is 2.35. The summed E-state index contributed by atoms with van der Waals surface area (Å²) in [6.45, 7) is 0. The Labute approximate surface area is 142 Å². The number of rotatable bonds is 4. The second-order valence-corrected chi connectivity index (χ2v) is 5.91. The number of fused-ring (bicyclic) bond motifs is 1. The molecule has 2 aromatic carbocycles. The maximum Gasteiger partial charge on any atom is 0.247 e. The molecule has 1 unspecified atom stereocenters. The first-order valence-electron chi connectivity index (χ1n) is 7.34. The lowest BCUT2D eigenvalue weighted by Crippen LogP contribution is -1.96. The molecule has 0 saturated carbocycles. The van der Waals surface area contributed by atoms with Gasteiger partial charge in [0.15, 0.2) is 11.5 Å². The SMILES string of the molecule is Oc1ccc(-c2nnc(C(S)Cc3nc4ccccc4o3)o2)cc1. The summed E-state index contributed by atoms with van der Waals surface area (Å²) in [6.07, 6.45) is 0.439. The molecule has 4 rings (SSSR count). The van der Waals surface area contributed by atoms with Crippen molar-refractivity contribution in [3.8, 4) is 17.2 Å². The average molecular weight is 339 g/mol. The standard InChI is InChI=1S/C17H13N3O3S/c21-11-7-5-10(6-8-11)16-19-20-17(23-16)14(24)9-15-18-12-3-1-2-4-13(12)22-15/h1-8,14,21,24H,9H2. The van der Waals surface area contributed by atoms with Gasteiger partial charge in [0, 0.05) is 12.0 Å². The molecule has 1 atom stereocenters. The number of hydrogen-bond acceptors (Lipinski definition) is 7. The van der Waals surface area contributed by atoms with Gasteiger partial charge in [0.05, 0.1) is 5.25 Å². The highest BCUT2D eigenvalue weighted by Crippen LogP contribution is 2.28. The van der Waals surface area contributed by atoms with Crippen LogP contribution in [0.4, 0.5) is 0 Å². The smallest absolute Gasteiger partial charge is 0.247 e. The van der Waals surface area contributed by atoms with Crippen LogP contribution in [0.25, 0.3) is 22.6 Å². The summed E-state index contributed by atoms with van der Waals surface area (Å²) in [5.74, 6) is 1.52. The molecule has 2 aromatic heterocycles. The molecule has 0 fully saturated rings. The Hall–Kier alpha value is -2.80. The van der Waals surface area contributed by atoms with Crippen LogP contribution in [-0.2, 0) is 6.42 Å². The van der Waals surface area contributed by atoms with Gasteiger partial charge in [-0.15, -0.1) is 10.2 Å². The molecule has 0 aliphatic heterocycles. The van der Waals surface area contributed by atoms with Gasteiger partial charge in [-0.2, -0.15) is 12.6 Å². The molecule has 24 heavy (non-hydrogen) atoms. The number of nitrogens with zero attached hydrogens (tertiary/aromatic N) is 3. The number of para-hydroxylation sites is 2. The molecule has 0 aliphatic carbocycles. The van der Waals surface area contributed by atoms with Gasteiger partial charge in [-0.05, 0) is 36.4 Å². The zero-order valence-electron chi connectivity index (χ0n) is 12.5. The van der Waals surface area contributed by atoms with Crippen LogP contribution in [0.1, 0.15) is 17.0 Å². The van der Waals surface area contributed by atoms with E-state index >= 15 is 0 Å². The fourth-order valence-corrected chi connectivity index (χ4v) is 2.61. The Morgan fingerprint density at radius 1 is 1.00 bits per heavy atom. The van der Waals surface area contributed by atoms with Crippen molar-refractivity contribution in [2.75, 3.05) is 0 Å². The highest BCUT2D eigenvalue weighted by molar-refractivity contribution is 7.80. The number of oxazole rings is 1. The molecule has 1 N–H and O–H groups in total. The van der Waals surface area contributed by atoms with Crippen LogP contribution in [0.5, 0.6) is 5.75 Å². The maximum atomic E-state index is 9.32. The zero-order valence-corrected chi connectivity index (χ0v) is 13.4. The molecular formula is C17H13N3O3S. The number of phenols is 1. The summed E-state index contributed by atoms with van der Waals surface area (Å²) >= 11 is 4.52. The lowest BCUT2D eigenvalue weighted by molar-refractivity contribution is 0.471. The minimum absolute atomic E-state index is 0.182. The van der Waals surface area contributed by atoms with Gasteiger partial charge in [0.1, 0.15) is 11.3 Å². The number of benzene rings is 2. The molecule has 0 spiro atoms. The van der Waals surface area contributed by atoms with Crippen molar-refractivity contribution in [1.29, 1.82) is 0 Å². The normalized spacial score (nSPS) is 12.5. The van der Waals surface area contributed by atoms with Gasteiger partial charge < -0.3 is 13.9 Å². The van der Waals surface area contributed by atoms with Crippen molar-refractivity contribution in [2.24, 2.45) is 0 Å². The quantitative estimate of drug-likeness (QED) is 0.550. The van der Waals surface area contributed by atoms with Crippen molar-refractivity contribution >= 4 is 23.7 Å². The second-order valence-electron chi connectivity index (χ2n) is 5.29. The van der Waals surface area contributed by atoms with Crippen molar-refractivity contribution < 1.29 is 13.9 Å². The maximum absolute atomic E-state index is 9.32. The van der Waals surface area contributed by atoms with Crippen LogP contribution < -0.4 is 0 Å². The van der Waals surface area contributed by atoms with Crippen molar-refractivity contribution in [3.63, 3.8) is 0 Å². The fraction of sp³-hybridized carbons (Fsp3) is 0.118. The topological polar surface area (TPSA) is 85.2 Å². The molecule has 0 saturated heterocycles. The Morgan fingerprint density at radius 2 is 1.79 bits per heavy atom. The van der Waals surface area contributed by atoms with E-state index in [1.54, 1.807) is 24.3 Å². The molecule has 7 heteroatoms. The first kappa shape index (κ1) is 14.8. The Kier molecular flexibility index (Phi) is 3.70. The van der Waals surface area contributed by atoms with E-state index in [4.69, 9.17) is 8.83 Å². The number of hydrogen-bond donors (Lipinski definition) is 2. The van der Waals surface area contributed by atoms with Crippen LogP contribution >= 0.6 is 12.6 Å². The van der Waals surface area contributed by atoms with Crippen molar-refractivity contribution in [1.82, 2.24) is 15.2 Å². The molecule has 0 bridgehead atoms. The van der Waals surface area contributed by atoms with Gasteiger partial charge in [-0.25, -0.2) is 4.98 Å². The van der Waals surface area contributed by atoms with Crippen LogP contribution in [0.3, 0.4) is 0 Å². The molecule has 0 aliphatic rings. The summed E-state index contributed by atoms with van der Waals surface area (Å²) in [7, 11) is 0. The van der Waals surface area contributed by atoms with E-state index in [9.17, 15) is 5.11 Å². The van der Waals surface area contributed by atoms with Crippen LogP contribution in [0, 0.1) is 0 Å². The third-order valence-electron chi connectivity index (χ3n) is 3.55. The minimum Gasteiger partial charge on any atom is -0.508 e. The van der Waals surface area contributed by atoms with Crippen molar-refractivity contribution in [3.05, 3.63) is 60.3 Å². The summed E-state index contributed by atoms with van der Waals surface area (Å²) in [4.78, 5) is 4.42. The molecular weight excluding hydrogens is 326 g/mol. The molecule has 0 amide bonds. The van der Waals surface area contributed by atoms with E-state index in [0.29, 0.717) is 24.1 Å². The highest BCUT2D eigenvalue weighted by Gasteiger charge is 2.19. The molecule has 120 valence electrons. The van der Waals surface area contributed by atoms with Crippen LogP contribution in [-0.4, -0.2) is 20.3 Å². The summed E-state index contributed by atoms with van der Waals surface area (Å²) in [5.41, 5.74) is 2.28. The number of phenolic OH excluding ortho intramolecular Hbond substituents is 1. The number of aromatic nitrogens is 3. The van der Waals surface area contributed by atoms with Gasteiger partial charge in [0.2, 0.25) is 11.8 Å². The predicted octanol–water partition coefficient (Wildman–Crippen LogP) is 3.80. The Bertz CT molecular complexity index is 945. The van der Waals surface area contributed by atoms with E-state index < -0.39 is 0 Å². The predicted molar refractivity (Wildman–Crippen MR) is 90.8 cm³/mol. The monoisotopic (exact) mass is 339 g/mol.